The maximum atomic E-state index is 12.7. The smallest absolute Gasteiger partial charge is 0.240 e. The Morgan fingerprint density at radius 3 is 2.72 bits per heavy atom. The third-order valence-corrected chi connectivity index (χ3v) is 4.71. The van der Waals surface area contributed by atoms with Crippen LogP contribution in [0, 0.1) is 0 Å². The maximum Gasteiger partial charge on any atom is 0.240 e. The summed E-state index contributed by atoms with van der Waals surface area (Å²) in [4.78, 5) is 14.5. The lowest BCUT2D eigenvalue weighted by Gasteiger charge is -2.34. The Balaban J connectivity index is 0.00000225. The second-order valence-electron chi connectivity index (χ2n) is 5.99. The van der Waals surface area contributed by atoms with Gasteiger partial charge in [-0.05, 0) is 29.7 Å². The second kappa shape index (κ2) is 9.34. The number of halogens is 2. The molecule has 2 aromatic rings. The van der Waals surface area contributed by atoms with E-state index in [1.807, 2.05) is 59.5 Å². The van der Waals surface area contributed by atoms with Crippen molar-refractivity contribution in [1.29, 1.82) is 0 Å². The van der Waals surface area contributed by atoms with Gasteiger partial charge in [-0.2, -0.15) is 0 Å². The molecule has 0 aromatic heterocycles. The van der Waals surface area contributed by atoms with Crippen molar-refractivity contribution >= 4 is 34.2 Å². The molecule has 134 valence electrons. The molecule has 2 aromatic carbocycles. The molecule has 0 radical (unpaired) electrons. The summed E-state index contributed by atoms with van der Waals surface area (Å²) in [7, 11) is 0. The highest BCUT2D eigenvalue weighted by molar-refractivity contribution is 9.10. The molecule has 1 unspecified atom stereocenters. The highest BCUT2D eigenvalue weighted by Gasteiger charge is 2.28. The molecule has 0 aliphatic carbocycles. The van der Waals surface area contributed by atoms with Gasteiger partial charge in [0.25, 0.3) is 0 Å². The molecule has 6 heteroatoms. The van der Waals surface area contributed by atoms with E-state index >= 15 is 0 Å². The molecule has 1 aliphatic rings. The van der Waals surface area contributed by atoms with Crippen molar-refractivity contribution in [2.24, 2.45) is 5.73 Å². The molecular formula is C19H22BrClN2O2. The number of morpholine rings is 1. The Morgan fingerprint density at radius 2 is 2.00 bits per heavy atom. The Kier molecular flexibility index (Phi) is 7.44. The van der Waals surface area contributed by atoms with Crippen molar-refractivity contribution in [3.8, 4) is 0 Å². The van der Waals surface area contributed by atoms with E-state index < -0.39 is 6.04 Å². The van der Waals surface area contributed by atoms with Gasteiger partial charge in [-0.1, -0.05) is 58.4 Å². The van der Waals surface area contributed by atoms with Gasteiger partial charge in [-0.25, -0.2) is 0 Å². The summed E-state index contributed by atoms with van der Waals surface area (Å²) in [6.45, 7) is 1.66. The molecule has 0 saturated carbocycles. The number of carbonyl (C=O) groups is 1. The highest BCUT2D eigenvalue weighted by atomic mass is 79.9. The number of hydrogen-bond donors (Lipinski definition) is 1. The van der Waals surface area contributed by atoms with E-state index in [0.717, 1.165) is 15.6 Å². The summed E-state index contributed by atoms with van der Waals surface area (Å²) < 4.78 is 6.85. The first-order valence-corrected chi connectivity index (χ1v) is 8.88. The van der Waals surface area contributed by atoms with Crippen LogP contribution in [-0.2, 0) is 16.0 Å². The lowest BCUT2D eigenvalue weighted by molar-refractivity contribution is -0.140. The molecule has 4 nitrogen and oxygen atoms in total. The minimum absolute atomic E-state index is 0. The van der Waals surface area contributed by atoms with Gasteiger partial charge in [0.15, 0.2) is 0 Å². The van der Waals surface area contributed by atoms with Crippen LogP contribution in [0.15, 0.2) is 59.1 Å². The fraction of sp³-hybridized carbons (Fsp3) is 0.316. The third kappa shape index (κ3) is 5.28. The van der Waals surface area contributed by atoms with Crippen molar-refractivity contribution < 1.29 is 9.53 Å². The van der Waals surface area contributed by atoms with Crippen molar-refractivity contribution in [2.75, 3.05) is 19.7 Å². The van der Waals surface area contributed by atoms with Gasteiger partial charge in [-0.15, -0.1) is 12.4 Å². The fourth-order valence-corrected chi connectivity index (χ4v) is 3.36. The molecule has 0 spiro atoms. The summed E-state index contributed by atoms with van der Waals surface area (Å²) in [6.07, 6.45) is 0.447. The second-order valence-corrected chi connectivity index (χ2v) is 6.91. The van der Waals surface area contributed by atoms with Crippen molar-refractivity contribution in [1.82, 2.24) is 4.90 Å². The fourth-order valence-electron chi connectivity index (χ4n) is 2.95. The van der Waals surface area contributed by atoms with E-state index in [1.54, 1.807) is 0 Å². The minimum atomic E-state index is -0.520. The summed E-state index contributed by atoms with van der Waals surface area (Å²) in [5, 5.41) is 0. The van der Waals surface area contributed by atoms with Gasteiger partial charge >= 0.3 is 0 Å². The summed E-state index contributed by atoms with van der Waals surface area (Å²) in [6, 6.07) is 17.4. The van der Waals surface area contributed by atoms with Crippen molar-refractivity contribution in [3.05, 3.63) is 70.2 Å². The Labute approximate surface area is 162 Å². The van der Waals surface area contributed by atoms with Gasteiger partial charge in [-0.3, -0.25) is 4.79 Å². The van der Waals surface area contributed by atoms with E-state index in [1.165, 1.54) is 0 Å². The van der Waals surface area contributed by atoms with Gasteiger partial charge in [0.2, 0.25) is 5.91 Å². The molecule has 3 rings (SSSR count). The molecule has 0 bridgehead atoms. The van der Waals surface area contributed by atoms with Crippen LogP contribution in [0.4, 0.5) is 0 Å². The minimum Gasteiger partial charge on any atom is -0.370 e. The summed E-state index contributed by atoms with van der Waals surface area (Å²) in [5.41, 5.74) is 8.30. The average molecular weight is 426 g/mol. The molecule has 1 fully saturated rings. The van der Waals surface area contributed by atoms with Crippen LogP contribution in [0.1, 0.15) is 17.2 Å². The molecule has 1 aliphatic heterocycles. The van der Waals surface area contributed by atoms with Crippen molar-refractivity contribution in [3.63, 3.8) is 0 Å². The van der Waals surface area contributed by atoms with Gasteiger partial charge in [0.1, 0.15) is 6.10 Å². The van der Waals surface area contributed by atoms with Crippen LogP contribution < -0.4 is 5.73 Å². The Bertz CT molecular complexity index is 699. The standard InChI is InChI=1S/C19H21BrN2O2.ClH/c20-16-8-4-7-15(12-16)18-13-22(9-10-24-18)19(23)17(21)11-14-5-2-1-3-6-14;/h1-8,12,17-18H,9-11,13,21H2;1H/t17-,18?;/m0./s1. The summed E-state index contributed by atoms with van der Waals surface area (Å²) in [5.74, 6) is -0.0119. The van der Waals surface area contributed by atoms with Crippen LogP contribution in [0.25, 0.3) is 0 Å². The predicted molar refractivity (Wildman–Crippen MR) is 105 cm³/mol. The molecule has 2 atom stereocenters. The molecule has 25 heavy (non-hydrogen) atoms. The first kappa shape index (κ1) is 19.9. The first-order valence-electron chi connectivity index (χ1n) is 8.09. The number of hydrogen-bond acceptors (Lipinski definition) is 3. The van der Waals surface area contributed by atoms with Crippen LogP contribution in [0.5, 0.6) is 0 Å². The Morgan fingerprint density at radius 1 is 1.24 bits per heavy atom. The zero-order chi connectivity index (χ0) is 16.9. The van der Waals surface area contributed by atoms with E-state index in [4.69, 9.17) is 10.5 Å². The number of amides is 1. The highest BCUT2D eigenvalue weighted by Crippen LogP contribution is 2.25. The van der Waals surface area contributed by atoms with E-state index in [0.29, 0.717) is 26.1 Å². The zero-order valence-corrected chi connectivity index (χ0v) is 16.2. The Hall–Kier alpha value is -1.40. The molecule has 1 amide bonds. The van der Waals surface area contributed by atoms with Crippen LogP contribution in [0.3, 0.4) is 0 Å². The number of ether oxygens (including phenoxy) is 1. The number of nitrogens with two attached hydrogens (primary N) is 1. The molecular weight excluding hydrogens is 404 g/mol. The third-order valence-electron chi connectivity index (χ3n) is 4.21. The maximum absolute atomic E-state index is 12.7. The normalized spacial score (nSPS) is 18.3. The summed E-state index contributed by atoms with van der Waals surface area (Å²) >= 11 is 3.48. The van der Waals surface area contributed by atoms with E-state index in [9.17, 15) is 4.79 Å². The van der Waals surface area contributed by atoms with Crippen LogP contribution >= 0.6 is 28.3 Å². The average Bonchev–Trinajstić information content (AvgIpc) is 2.62. The molecule has 1 heterocycles. The number of benzene rings is 2. The monoisotopic (exact) mass is 424 g/mol. The van der Waals surface area contributed by atoms with Gasteiger partial charge < -0.3 is 15.4 Å². The van der Waals surface area contributed by atoms with Gasteiger partial charge in [0, 0.05) is 11.0 Å². The topological polar surface area (TPSA) is 55.6 Å². The lowest BCUT2D eigenvalue weighted by atomic mass is 10.0. The largest absolute Gasteiger partial charge is 0.370 e. The number of carbonyl (C=O) groups excluding carboxylic acids is 1. The van der Waals surface area contributed by atoms with Crippen molar-refractivity contribution in [2.45, 2.75) is 18.6 Å². The van der Waals surface area contributed by atoms with E-state index in [2.05, 4.69) is 15.9 Å². The zero-order valence-electron chi connectivity index (χ0n) is 13.8. The van der Waals surface area contributed by atoms with Crippen LogP contribution in [0.2, 0.25) is 0 Å². The lowest BCUT2D eigenvalue weighted by Crippen LogP contribution is -2.50. The van der Waals surface area contributed by atoms with Crippen LogP contribution in [-0.4, -0.2) is 36.5 Å². The van der Waals surface area contributed by atoms with Gasteiger partial charge in [0.05, 0.1) is 19.2 Å². The molecule has 1 saturated heterocycles. The quantitative estimate of drug-likeness (QED) is 0.817. The predicted octanol–water partition coefficient (Wildman–Crippen LogP) is 3.34. The number of nitrogens with zero attached hydrogens (tertiary/aromatic N) is 1. The first-order chi connectivity index (χ1) is 11.6. The molecule has 2 N–H and O–H groups in total. The van der Waals surface area contributed by atoms with E-state index in [-0.39, 0.29) is 24.4 Å². The number of rotatable bonds is 4. The SMILES string of the molecule is Cl.N[C@@H](Cc1ccccc1)C(=O)N1CCOC(c2cccc(Br)c2)C1.